The largest absolute Gasteiger partial charge is 0.351 e. The van der Waals surface area contributed by atoms with E-state index in [1.54, 1.807) is 6.07 Å². The molecular weight excluding hydrogens is 397 g/mol. The van der Waals surface area contributed by atoms with Crippen LogP contribution in [0.25, 0.3) is 0 Å². The highest BCUT2D eigenvalue weighted by molar-refractivity contribution is 14.1. The van der Waals surface area contributed by atoms with Crippen molar-refractivity contribution < 1.29 is 9.72 Å². The van der Waals surface area contributed by atoms with Crippen molar-refractivity contribution in [3.05, 3.63) is 37.4 Å². The lowest BCUT2D eigenvalue weighted by Gasteiger charge is -2.33. The molecular formula is C15H20IN3O3. The number of benzene rings is 1. The molecule has 1 aliphatic heterocycles. The first-order chi connectivity index (χ1) is 10.5. The fourth-order valence-electron chi connectivity index (χ4n) is 2.70. The number of nitro groups is 1. The van der Waals surface area contributed by atoms with Gasteiger partial charge in [-0.05, 0) is 55.0 Å². The van der Waals surface area contributed by atoms with E-state index in [0.717, 1.165) is 13.1 Å². The number of non-ortho nitro benzene ring substituents is 1. The molecule has 1 unspecified atom stereocenters. The average Bonchev–Trinajstić information content (AvgIpc) is 2.49. The summed E-state index contributed by atoms with van der Waals surface area (Å²) in [6.07, 6.45) is 3.69. The number of carbonyl (C=O) groups is 1. The highest BCUT2D eigenvalue weighted by Crippen LogP contribution is 2.19. The van der Waals surface area contributed by atoms with Crippen molar-refractivity contribution >= 4 is 34.2 Å². The average molecular weight is 417 g/mol. The summed E-state index contributed by atoms with van der Waals surface area (Å²) in [6, 6.07) is 4.90. The van der Waals surface area contributed by atoms with Gasteiger partial charge in [0.25, 0.3) is 11.6 Å². The molecule has 0 saturated carbocycles. The number of amides is 1. The number of halogens is 1. The van der Waals surface area contributed by atoms with Gasteiger partial charge < -0.3 is 5.32 Å². The van der Waals surface area contributed by atoms with Crippen LogP contribution >= 0.6 is 22.6 Å². The van der Waals surface area contributed by atoms with Crippen LogP contribution in [0.3, 0.4) is 0 Å². The number of likely N-dealkylation sites (tertiary alicyclic amines) is 1. The molecule has 1 atom stereocenters. The SMILES string of the molecule is CC1CCCCN1CCNC(=O)c1cc([N+](=O)[O-])ccc1I. The van der Waals surface area contributed by atoms with Gasteiger partial charge in [0.15, 0.2) is 0 Å². The van der Waals surface area contributed by atoms with Crippen LogP contribution in [0.4, 0.5) is 5.69 Å². The smallest absolute Gasteiger partial charge is 0.270 e. The quantitative estimate of drug-likeness (QED) is 0.454. The molecule has 0 aromatic heterocycles. The van der Waals surface area contributed by atoms with Gasteiger partial charge in [-0.1, -0.05) is 6.42 Å². The Kier molecular flexibility index (Phi) is 6.13. The Morgan fingerprint density at radius 1 is 1.50 bits per heavy atom. The van der Waals surface area contributed by atoms with Gasteiger partial charge in [0.2, 0.25) is 0 Å². The summed E-state index contributed by atoms with van der Waals surface area (Å²) in [5.74, 6) is -0.252. The zero-order valence-electron chi connectivity index (χ0n) is 12.5. The fraction of sp³-hybridized carbons (Fsp3) is 0.533. The molecule has 1 aliphatic rings. The van der Waals surface area contributed by atoms with E-state index in [0.29, 0.717) is 21.7 Å². The normalized spacial score (nSPS) is 18.9. The number of nitrogens with one attached hydrogen (secondary N) is 1. The Labute approximate surface area is 143 Å². The van der Waals surface area contributed by atoms with Gasteiger partial charge in [0.05, 0.1) is 10.5 Å². The highest BCUT2D eigenvalue weighted by atomic mass is 127. The van der Waals surface area contributed by atoms with Crippen molar-refractivity contribution in [2.45, 2.75) is 32.2 Å². The molecule has 1 heterocycles. The van der Waals surface area contributed by atoms with E-state index < -0.39 is 4.92 Å². The van der Waals surface area contributed by atoms with Gasteiger partial charge in [0, 0.05) is 34.8 Å². The molecule has 1 aromatic carbocycles. The first-order valence-electron chi connectivity index (χ1n) is 7.45. The van der Waals surface area contributed by atoms with E-state index >= 15 is 0 Å². The fourth-order valence-corrected chi connectivity index (χ4v) is 3.28. The van der Waals surface area contributed by atoms with Crippen molar-refractivity contribution in [1.82, 2.24) is 10.2 Å². The summed E-state index contributed by atoms with van der Waals surface area (Å²) in [5.41, 5.74) is 0.303. The number of nitrogens with zero attached hydrogens (tertiary/aromatic N) is 2. The molecule has 1 aromatic rings. The van der Waals surface area contributed by atoms with Gasteiger partial charge in [0.1, 0.15) is 0 Å². The van der Waals surface area contributed by atoms with Crippen molar-refractivity contribution in [3.63, 3.8) is 0 Å². The zero-order valence-corrected chi connectivity index (χ0v) is 14.7. The summed E-state index contributed by atoms with van der Waals surface area (Å²) in [7, 11) is 0. The van der Waals surface area contributed by atoms with Gasteiger partial charge in [-0.2, -0.15) is 0 Å². The Bertz CT molecular complexity index is 565. The maximum absolute atomic E-state index is 12.2. The molecule has 1 fully saturated rings. The predicted molar refractivity (Wildman–Crippen MR) is 93.0 cm³/mol. The predicted octanol–water partition coefficient (Wildman–Crippen LogP) is 2.80. The van der Waals surface area contributed by atoms with Crippen LogP contribution in [0.5, 0.6) is 0 Å². The summed E-state index contributed by atoms with van der Waals surface area (Å²) in [4.78, 5) is 24.9. The third-order valence-electron chi connectivity index (χ3n) is 4.03. The van der Waals surface area contributed by atoms with E-state index in [-0.39, 0.29) is 11.6 Å². The monoisotopic (exact) mass is 417 g/mol. The molecule has 6 nitrogen and oxygen atoms in total. The summed E-state index contributed by atoms with van der Waals surface area (Å²) >= 11 is 2.02. The second kappa shape index (κ2) is 7.87. The molecule has 0 bridgehead atoms. The minimum atomic E-state index is -0.484. The van der Waals surface area contributed by atoms with Gasteiger partial charge >= 0.3 is 0 Å². The van der Waals surface area contributed by atoms with E-state index in [9.17, 15) is 14.9 Å². The van der Waals surface area contributed by atoms with Crippen LogP contribution < -0.4 is 5.32 Å². The number of piperidine rings is 1. The first kappa shape index (κ1) is 17.1. The lowest BCUT2D eigenvalue weighted by atomic mass is 10.0. The van der Waals surface area contributed by atoms with Crippen molar-refractivity contribution in [1.29, 1.82) is 0 Å². The standard InChI is InChI=1S/C15H20IN3O3/c1-11-4-2-3-8-18(11)9-7-17-15(20)13-10-12(19(21)22)5-6-14(13)16/h5-6,10-11H,2-4,7-9H2,1H3,(H,17,20). The van der Waals surface area contributed by atoms with E-state index in [2.05, 4.69) is 17.1 Å². The Balaban J connectivity index is 1.92. The Morgan fingerprint density at radius 2 is 2.27 bits per heavy atom. The highest BCUT2D eigenvalue weighted by Gasteiger charge is 2.19. The first-order valence-corrected chi connectivity index (χ1v) is 8.53. The van der Waals surface area contributed by atoms with Crippen LogP contribution in [0.2, 0.25) is 0 Å². The number of hydrogen-bond donors (Lipinski definition) is 1. The number of hydrogen-bond acceptors (Lipinski definition) is 4. The third kappa shape index (κ3) is 4.39. The molecule has 0 aliphatic carbocycles. The van der Waals surface area contributed by atoms with Crippen LogP contribution in [-0.2, 0) is 0 Å². The lowest BCUT2D eigenvalue weighted by molar-refractivity contribution is -0.384. The Hall–Kier alpha value is -1.22. The van der Waals surface area contributed by atoms with Crippen LogP contribution in [0.1, 0.15) is 36.5 Å². The topological polar surface area (TPSA) is 75.5 Å². The molecule has 120 valence electrons. The van der Waals surface area contributed by atoms with E-state index in [1.807, 2.05) is 22.6 Å². The van der Waals surface area contributed by atoms with Crippen LogP contribution in [0.15, 0.2) is 18.2 Å². The second-order valence-corrected chi connectivity index (χ2v) is 6.72. The molecule has 1 amide bonds. The third-order valence-corrected chi connectivity index (χ3v) is 4.97. The summed E-state index contributed by atoms with van der Waals surface area (Å²) < 4.78 is 0.715. The molecule has 2 rings (SSSR count). The lowest BCUT2D eigenvalue weighted by Crippen LogP contribution is -2.42. The van der Waals surface area contributed by atoms with Crippen molar-refractivity contribution in [2.75, 3.05) is 19.6 Å². The minimum Gasteiger partial charge on any atom is -0.351 e. The molecule has 7 heteroatoms. The number of carbonyl (C=O) groups excluding carboxylic acids is 1. The molecule has 1 saturated heterocycles. The second-order valence-electron chi connectivity index (χ2n) is 5.56. The Morgan fingerprint density at radius 3 is 2.95 bits per heavy atom. The summed E-state index contributed by atoms with van der Waals surface area (Å²) in [5, 5.41) is 13.7. The van der Waals surface area contributed by atoms with E-state index in [1.165, 1.54) is 31.4 Å². The maximum atomic E-state index is 12.2. The van der Waals surface area contributed by atoms with Crippen molar-refractivity contribution in [3.8, 4) is 0 Å². The van der Waals surface area contributed by atoms with Gasteiger partial charge in [-0.25, -0.2) is 0 Å². The minimum absolute atomic E-state index is 0.0600. The van der Waals surface area contributed by atoms with Gasteiger partial charge in [-0.15, -0.1) is 0 Å². The van der Waals surface area contributed by atoms with Crippen LogP contribution in [-0.4, -0.2) is 41.4 Å². The molecule has 0 radical (unpaired) electrons. The molecule has 0 spiro atoms. The van der Waals surface area contributed by atoms with Crippen molar-refractivity contribution in [2.24, 2.45) is 0 Å². The van der Waals surface area contributed by atoms with E-state index in [4.69, 9.17) is 0 Å². The number of nitro benzene ring substituents is 1. The zero-order chi connectivity index (χ0) is 16.1. The maximum Gasteiger partial charge on any atom is 0.270 e. The molecule has 22 heavy (non-hydrogen) atoms. The molecule has 1 N–H and O–H groups in total. The number of rotatable bonds is 5. The van der Waals surface area contributed by atoms with Gasteiger partial charge in [-0.3, -0.25) is 19.8 Å². The summed E-state index contributed by atoms with van der Waals surface area (Å²) in [6.45, 7) is 4.66. The van der Waals surface area contributed by atoms with Crippen LogP contribution in [0, 0.1) is 13.7 Å².